The minimum atomic E-state index is -4.40. The topological polar surface area (TPSA) is 23.8 Å². The van der Waals surface area contributed by atoms with Crippen LogP contribution < -0.4 is 0 Å². The van der Waals surface area contributed by atoms with Gasteiger partial charge in [0.2, 0.25) is 0 Å². The molecule has 1 aromatic carbocycles. The Morgan fingerprint density at radius 3 is 2.59 bits per heavy atom. The van der Waals surface area contributed by atoms with Crippen molar-refractivity contribution >= 4 is 17.1 Å². The van der Waals surface area contributed by atoms with Crippen molar-refractivity contribution < 1.29 is 13.2 Å². The number of benzene rings is 1. The number of hydrogen-bond acceptors (Lipinski definition) is 2. The van der Waals surface area contributed by atoms with Gasteiger partial charge in [-0.15, -0.1) is 0 Å². The second-order valence-electron chi connectivity index (χ2n) is 3.51. The van der Waals surface area contributed by atoms with E-state index in [-0.39, 0.29) is 0 Å². The number of thiocarbonyl (C=S) groups is 1. The van der Waals surface area contributed by atoms with Gasteiger partial charge in [0.25, 0.3) is 0 Å². The molecule has 0 heterocycles. The lowest BCUT2D eigenvalue weighted by molar-refractivity contribution is -0.137. The molecule has 0 radical (unpaired) electrons. The molecular formula is C12H10F3NS. The number of halogens is 3. The highest BCUT2D eigenvalue weighted by Crippen LogP contribution is 2.31. The molecule has 0 aliphatic heterocycles. The average Bonchev–Trinajstić information content (AvgIpc) is 2.29. The van der Waals surface area contributed by atoms with Gasteiger partial charge in [-0.05, 0) is 18.1 Å². The third kappa shape index (κ3) is 3.27. The molecule has 0 saturated heterocycles. The lowest BCUT2D eigenvalue weighted by Gasteiger charge is -2.12. The Balaban J connectivity index is 3.15. The van der Waals surface area contributed by atoms with E-state index in [1.165, 1.54) is 12.1 Å². The minimum Gasteiger partial charge on any atom is -0.197 e. The predicted molar refractivity (Wildman–Crippen MR) is 62.7 cm³/mol. The molecule has 17 heavy (non-hydrogen) atoms. The van der Waals surface area contributed by atoms with E-state index in [0.29, 0.717) is 16.8 Å². The largest absolute Gasteiger partial charge is 0.416 e. The fourth-order valence-electron chi connectivity index (χ4n) is 1.43. The zero-order valence-corrected chi connectivity index (χ0v) is 9.90. The van der Waals surface area contributed by atoms with Crippen molar-refractivity contribution in [3.8, 4) is 6.07 Å². The molecule has 0 spiro atoms. The van der Waals surface area contributed by atoms with E-state index in [0.717, 1.165) is 12.1 Å². The van der Waals surface area contributed by atoms with Crippen LogP contribution in [-0.2, 0) is 6.18 Å². The summed E-state index contributed by atoms with van der Waals surface area (Å²) in [6.07, 6.45) is -3.91. The molecule has 0 bridgehead atoms. The van der Waals surface area contributed by atoms with Crippen LogP contribution in [0.15, 0.2) is 24.3 Å². The number of nitrogens with zero attached hydrogens (tertiary/aromatic N) is 1. The van der Waals surface area contributed by atoms with E-state index in [1.54, 1.807) is 6.92 Å². The lowest BCUT2D eigenvalue weighted by Crippen LogP contribution is -2.10. The Labute approximate surface area is 103 Å². The summed E-state index contributed by atoms with van der Waals surface area (Å²) in [6.45, 7) is 1.78. The van der Waals surface area contributed by atoms with Crippen molar-refractivity contribution in [1.29, 1.82) is 5.26 Å². The van der Waals surface area contributed by atoms with E-state index < -0.39 is 17.7 Å². The van der Waals surface area contributed by atoms with Crippen molar-refractivity contribution in [3.05, 3.63) is 35.4 Å². The zero-order chi connectivity index (χ0) is 13.1. The Hall–Kier alpha value is -1.41. The molecule has 0 amide bonds. The van der Waals surface area contributed by atoms with Gasteiger partial charge >= 0.3 is 6.18 Å². The molecule has 90 valence electrons. The maximum absolute atomic E-state index is 12.5. The third-order valence-corrected chi connectivity index (χ3v) is 2.87. The maximum atomic E-state index is 12.5. The molecule has 1 aromatic rings. The average molecular weight is 257 g/mol. The van der Waals surface area contributed by atoms with Crippen LogP contribution in [0.1, 0.15) is 30.4 Å². The highest BCUT2D eigenvalue weighted by Gasteiger charge is 2.31. The smallest absolute Gasteiger partial charge is 0.197 e. The summed E-state index contributed by atoms with van der Waals surface area (Å²) in [5.41, 5.74) is -0.455. The molecule has 0 aliphatic rings. The summed E-state index contributed by atoms with van der Waals surface area (Å²) in [6, 6.07) is 6.68. The maximum Gasteiger partial charge on any atom is 0.416 e. The van der Waals surface area contributed by atoms with Crippen LogP contribution in [-0.4, -0.2) is 4.86 Å². The number of rotatable bonds is 3. The monoisotopic (exact) mass is 257 g/mol. The standard InChI is InChI=1S/C12H10F3NS/c1-2-11(17)10(7-16)8-4-3-5-9(6-8)12(13,14)15/h3-6,10H,2H2,1H3. The van der Waals surface area contributed by atoms with Crippen LogP contribution in [0.5, 0.6) is 0 Å². The molecule has 0 fully saturated rings. The second-order valence-corrected chi connectivity index (χ2v) is 4.03. The summed E-state index contributed by atoms with van der Waals surface area (Å²) < 4.78 is 37.5. The van der Waals surface area contributed by atoms with E-state index in [1.807, 2.05) is 6.07 Å². The molecule has 0 N–H and O–H groups in total. The fourth-order valence-corrected chi connectivity index (χ4v) is 1.62. The van der Waals surface area contributed by atoms with Gasteiger partial charge in [-0.3, -0.25) is 0 Å². The summed E-state index contributed by atoms with van der Waals surface area (Å²) in [5, 5.41) is 8.96. The van der Waals surface area contributed by atoms with Gasteiger partial charge in [0.1, 0.15) is 5.92 Å². The fraction of sp³-hybridized carbons (Fsp3) is 0.333. The first kappa shape index (κ1) is 13.7. The predicted octanol–water partition coefficient (Wildman–Crippen LogP) is 4.09. The van der Waals surface area contributed by atoms with Crippen LogP contribution in [0, 0.1) is 11.3 Å². The summed E-state index contributed by atoms with van der Waals surface area (Å²) in [7, 11) is 0. The minimum absolute atomic E-state index is 0.300. The lowest BCUT2D eigenvalue weighted by atomic mass is 9.94. The van der Waals surface area contributed by atoms with Crippen LogP contribution in [0.4, 0.5) is 13.2 Å². The number of hydrogen-bond donors (Lipinski definition) is 0. The molecule has 0 saturated carbocycles. The molecule has 5 heteroatoms. The second kappa shape index (κ2) is 5.28. The van der Waals surface area contributed by atoms with Gasteiger partial charge in [-0.1, -0.05) is 37.3 Å². The first-order valence-electron chi connectivity index (χ1n) is 4.99. The van der Waals surface area contributed by atoms with Gasteiger partial charge in [0.05, 0.1) is 11.6 Å². The summed E-state index contributed by atoms with van der Waals surface area (Å²) in [5.74, 6) is -0.752. The Kier molecular flexibility index (Phi) is 4.24. The summed E-state index contributed by atoms with van der Waals surface area (Å²) >= 11 is 4.99. The highest BCUT2D eigenvalue weighted by atomic mass is 32.1. The normalized spacial score (nSPS) is 12.9. The first-order valence-corrected chi connectivity index (χ1v) is 5.40. The zero-order valence-electron chi connectivity index (χ0n) is 9.08. The van der Waals surface area contributed by atoms with E-state index in [2.05, 4.69) is 0 Å². The first-order chi connectivity index (χ1) is 7.90. The van der Waals surface area contributed by atoms with Gasteiger partial charge in [0, 0.05) is 4.86 Å². The molecule has 1 unspecified atom stereocenters. The van der Waals surface area contributed by atoms with Crippen LogP contribution in [0.25, 0.3) is 0 Å². The Bertz CT molecular complexity index is 460. The van der Waals surface area contributed by atoms with Gasteiger partial charge < -0.3 is 0 Å². The molecule has 0 aromatic heterocycles. The van der Waals surface area contributed by atoms with Crippen molar-refractivity contribution in [3.63, 3.8) is 0 Å². The van der Waals surface area contributed by atoms with E-state index in [9.17, 15) is 13.2 Å². The van der Waals surface area contributed by atoms with Crippen LogP contribution >= 0.6 is 12.2 Å². The van der Waals surface area contributed by atoms with E-state index >= 15 is 0 Å². The summed E-state index contributed by atoms with van der Waals surface area (Å²) in [4.78, 5) is 0.451. The van der Waals surface area contributed by atoms with Crippen LogP contribution in [0.3, 0.4) is 0 Å². The molecule has 1 rings (SSSR count). The Morgan fingerprint density at radius 1 is 1.47 bits per heavy atom. The van der Waals surface area contributed by atoms with Gasteiger partial charge in [-0.25, -0.2) is 0 Å². The number of nitriles is 1. The quantitative estimate of drug-likeness (QED) is 0.761. The van der Waals surface area contributed by atoms with E-state index in [4.69, 9.17) is 17.5 Å². The van der Waals surface area contributed by atoms with Crippen molar-refractivity contribution in [1.82, 2.24) is 0 Å². The van der Waals surface area contributed by atoms with Gasteiger partial charge in [0.15, 0.2) is 0 Å². The molecule has 0 aliphatic carbocycles. The van der Waals surface area contributed by atoms with Gasteiger partial charge in [-0.2, -0.15) is 18.4 Å². The molecule has 1 nitrogen and oxygen atoms in total. The van der Waals surface area contributed by atoms with Crippen molar-refractivity contribution in [2.75, 3.05) is 0 Å². The van der Waals surface area contributed by atoms with Crippen LogP contribution in [0.2, 0.25) is 0 Å². The molecule has 1 atom stereocenters. The number of alkyl halides is 3. The third-order valence-electron chi connectivity index (χ3n) is 2.35. The molecular weight excluding hydrogens is 247 g/mol. The van der Waals surface area contributed by atoms with Crippen molar-refractivity contribution in [2.45, 2.75) is 25.4 Å². The SMILES string of the molecule is CCC(=S)C(C#N)c1cccc(C(F)(F)F)c1. The van der Waals surface area contributed by atoms with Crippen molar-refractivity contribution in [2.24, 2.45) is 0 Å². The highest BCUT2D eigenvalue weighted by molar-refractivity contribution is 7.80. The Morgan fingerprint density at radius 2 is 2.12 bits per heavy atom.